The zero-order chi connectivity index (χ0) is 18.6. The zero-order valence-electron chi connectivity index (χ0n) is 13.5. The third-order valence-electron chi connectivity index (χ3n) is 3.52. The van der Waals surface area contributed by atoms with Crippen LogP contribution in [0, 0.1) is 0 Å². The van der Waals surface area contributed by atoms with Gasteiger partial charge in [0, 0.05) is 16.6 Å². The first-order valence-corrected chi connectivity index (χ1v) is 9.05. The van der Waals surface area contributed by atoms with Crippen LogP contribution in [0.3, 0.4) is 0 Å². The molecule has 7 nitrogen and oxygen atoms in total. The summed E-state index contributed by atoms with van der Waals surface area (Å²) in [4.78, 5) is 11.2. The maximum Gasteiger partial charge on any atom is 0.274 e. The van der Waals surface area contributed by atoms with Crippen molar-refractivity contribution >= 4 is 27.5 Å². The lowest BCUT2D eigenvalue weighted by molar-refractivity contribution is 0.0706. The summed E-state index contributed by atoms with van der Waals surface area (Å²) in [6.07, 6.45) is 0. The fraction of sp³-hybridized carbons (Fsp3) is 0.188. The first-order valence-electron chi connectivity index (χ1n) is 7.18. The monoisotopic (exact) mass is 384 g/mol. The molecule has 1 unspecified atom stereocenters. The molecule has 9 heteroatoms. The van der Waals surface area contributed by atoms with Crippen LogP contribution in [0.15, 0.2) is 47.4 Å². The number of ether oxygens (including phenoxy) is 1. The van der Waals surface area contributed by atoms with Gasteiger partial charge in [-0.2, -0.15) is 0 Å². The lowest BCUT2D eigenvalue weighted by atomic mass is 10.1. The van der Waals surface area contributed by atoms with Gasteiger partial charge in [0.2, 0.25) is 10.0 Å². The fourth-order valence-electron chi connectivity index (χ4n) is 2.21. The smallest absolute Gasteiger partial charge is 0.274 e. The highest BCUT2D eigenvalue weighted by molar-refractivity contribution is 7.89. The average molecular weight is 385 g/mol. The molecule has 0 fully saturated rings. The second-order valence-corrected chi connectivity index (χ2v) is 7.32. The van der Waals surface area contributed by atoms with Crippen LogP contribution < -0.4 is 14.9 Å². The van der Waals surface area contributed by atoms with Crippen molar-refractivity contribution in [2.75, 3.05) is 7.11 Å². The van der Waals surface area contributed by atoms with Crippen LogP contribution >= 0.6 is 11.6 Å². The van der Waals surface area contributed by atoms with Crippen LogP contribution in [0.4, 0.5) is 0 Å². The Morgan fingerprint density at radius 1 is 1.20 bits per heavy atom. The summed E-state index contributed by atoms with van der Waals surface area (Å²) < 4.78 is 32.9. The maximum atomic E-state index is 12.6. The summed E-state index contributed by atoms with van der Waals surface area (Å²) >= 11 is 5.89. The van der Waals surface area contributed by atoms with Crippen molar-refractivity contribution < 1.29 is 23.2 Å². The third-order valence-corrected chi connectivity index (χ3v) is 5.32. The molecule has 134 valence electrons. The number of amides is 1. The van der Waals surface area contributed by atoms with Gasteiger partial charge in [-0.25, -0.2) is 18.6 Å². The third kappa shape index (κ3) is 4.49. The topological polar surface area (TPSA) is 105 Å². The Kier molecular flexibility index (Phi) is 6.02. The number of sulfonamides is 1. The van der Waals surface area contributed by atoms with E-state index in [1.807, 2.05) is 0 Å². The number of halogens is 1. The van der Waals surface area contributed by atoms with E-state index < -0.39 is 22.0 Å². The van der Waals surface area contributed by atoms with Gasteiger partial charge in [-0.1, -0.05) is 23.7 Å². The molecule has 1 amide bonds. The van der Waals surface area contributed by atoms with Crippen molar-refractivity contribution in [3.8, 4) is 5.75 Å². The first-order chi connectivity index (χ1) is 11.8. The van der Waals surface area contributed by atoms with E-state index in [0.29, 0.717) is 5.56 Å². The number of nitrogens with one attached hydrogen (secondary N) is 2. The first kappa shape index (κ1) is 19.2. The molecule has 0 aliphatic rings. The number of rotatable bonds is 6. The van der Waals surface area contributed by atoms with Crippen LogP contribution in [0.5, 0.6) is 5.75 Å². The SMILES string of the molecule is COc1ccc(Cl)cc1S(=O)(=O)NC(C)c1ccc(C(=O)NO)cc1. The molecule has 0 aliphatic carbocycles. The predicted octanol–water partition coefficient (Wildman–Crippen LogP) is 2.51. The number of hydrogen-bond acceptors (Lipinski definition) is 5. The quantitative estimate of drug-likeness (QED) is 0.524. The van der Waals surface area contributed by atoms with E-state index in [2.05, 4.69) is 4.72 Å². The van der Waals surface area contributed by atoms with E-state index in [-0.39, 0.29) is 21.2 Å². The Morgan fingerprint density at radius 2 is 1.84 bits per heavy atom. The van der Waals surface area contributed by atoms with E-state index in [1.54, 1.807) is 19.1 Å². The van der Waals surface area contributed by atoms with E-state index in [9.17, 15) is 13.2 Å². The van der Waals surface area contributed by atoms with Gasteiger partial charge >= 0.3 is 0 Å². The number of carbonyl (C=O) groups excluding carboxylic acids is 1. The van der Waals surface area contributed by atoms with E-state index in [1.165, 1.54) is 42.9 Å². The predicted molar refractivity (Wildman–Crippen MR) is 92.4 cm³/mol. The molecule has 2 rings (SSSR count). The summed E-state index contributed by atoms with van der Waals surface area (Å²) in [5, 5.41) is 8.88. The van der Waals surface area contributed by atoms with Gasteiger partial charge in [0.15, 0.2) is 0 Å². The molecular weight excluding hydrogens is 368 g/mol. The Bertz CT molecular complexity index is 869. The second kappa shape index (κ2) is 7.83. The molecule has 0 aliphatic heterocycles. The van der Waals surface area contributed by atoms with E-state index in [4.69, 9.17) is 21.5 Å². The van der Waals surface area contributed by atoms with Crippen LogP contribution in [-0.2, 0) is 10.0 Å². The van der Waals surface area contributed by atoms with Gasteiger partial charge in [-0.05, 0) is 42.8 Å². The van der Waals surface area contributed by atoms with E-state index in [0.717, 1.165) is 0 Å². The molecule has 0 bridgehead atoms. The summed E-state index contributed by atoms with van der Waals surface area (Å²) in [5.41, 5.74) is 2.42. The highest BCUT2D eigenvalue weighted by Crippen LogP contribution is 2.28. The number of benzene rings is 2. The summed E-state index contributed by atoms with van der Waals surface area (Å²) in [7, 11) is -2.51. The van der Waals surface area contributed by atoms with Crippen LogP contribution in [0.2, 0.25) is 5.02 Å². The van der Waals surface area contributed by atoms with Crippen molar-refractivity contribution in [3.63, 3.8) is 0 Å². The lowest BCUT2D eigenvalue weighted by Crippen LogP contribution is -2.27. The Morgan fingerprint density at radius 3 is 2.40 bits per heavy atom. The normalized spacial score (nSPS) is 12.5. The molecule has 0 heterocycles. The second-order valence-electron chi connectivity index (χ2n) is 5.20. The summed E-state index contributed by atoms with van der Waals surface area (Å²) in [6, 6.07) is 9.89. The van der Waals surface area contributed by atoms with Crippen LogP contribution in [-0.4, -0.2) is 26.6 Å². The van der Waals surface area contributed by atoms with Crippen molar-refractivity contribution in [2.24, 2.45) is 0 Å². The molecule has 0 saturated carbocycles. The Balaban J connectivity index is 2.26. The number of methoxy groups -OCH3 is 1. The number of hydroxylamine groups is 1. The Hall–Kier alpha value is -2.13. The average Bonchev–Trinajstić information content (AvgIpc) is 2.60. The van der Waals surface area contributed by atoms with Gasteiger partial charge in [0.25, 0.3) is 5.91 Å². The molecule has 25 heavy (non-hydrogen) atoms. The molecule has 0 radical (unpaired) electrons. The lowest BCUT2D eigenvalue weighted by Gasteiger charge is -2.16. The molecule has 0 spiro atoms. The van der Waals surface area contributed by atoms with Gasteiger partial charge in [0.1, 0.15) is 10.6 Å². The van der Waals surface area contributed by atoms with Gasteiger partial charge in [-0.15, -0.1) is 0 Å². The molecule has 3 N–H and O–H groups in total. The minimum atomic E-state index is -3.88. The van der Waals surface area contributed by atoms with Crippen molar-refractivity contribution in [1.29, 1.82) is 0 Å². The largest absolute Gasteiger partial charge is 0.495 e. The van der Waals surface area contributed by atoms with Crippen LogP contribution in [0.25, 0.3) is 0 Å². The standard InChI is InChI=1S/C16H17ClN2O5S/c1-10(11-3-5-12(6-4-11)16(20)18-21)19-25(22,23)15-9-13(17)7-8-14(15)24-2/h3-10,19,21H,1-2H3,(H,18,20). The summed E-state index contributed by atoms with van der Waals surface area (Å²) in [6.45, 7) is 1.66. The Labute approximate surface area is 150 Å². The highest BCUT2D eigenvalue weighted by Gasteiger charge is 2.23. The highest BCUT2D eigenvalue weighted by atomic mass is 35.5. The van der Waals surface area contributed by atoms with Crippen molar-refractivity contribution in [1.82, 2.24) is 10.2 Å². The molecule has 0 saturated heterocycles. The van der Waals surface area contributed by atoms with Crippen LogP contribution in [0.1, 0.15) is 28.9 Å². The maximum absolute atomic E-state index is 12.6. The van der Waals surface area contributed by atoms with Crippen molar-refractivity contribution in [2.45, 2.75) is 17.9 Å². The summed E-state index contributed by atoms with van der Waals surface area (Å²) in [5.74, 6) is -0.470. The molecule has 2 aromatic rings. The zero-order valence-corrected chi connectivity index (χ0v) is 15.1. The van der Waals surface area contributed by atoms with Crippen molar-refractivity contribution in [3.05, 3.63) is 58.6 Å². The molecule has 1 atom stereocenters. The van der Waals surface area contributed by atoms with E-state index >= 15 is 0 Å². The molecule has 0 aromatic heterocycles. The fourth-order valence-corrected chi connectivity index (χ4v) is 3.88. The minimum absolute atomic E-state index is 0.0642. The molecular formula is C16H17ClN2O5S. The minimum Gasteiger partial charge on any atom is -0.495 e. The van der Waals surface area contributed by atoms with Gasteiger partial charge in [-0.3, -0.25) is 10.0 Å². The van der Waals surface area contributed by atoms with Gasteiger partial charge < -0.3 is 4.74 Å². The van der Waals surface area contributed by atoms with Gasteiger partial charge in [0.05, 0.1) is 7.11 Å². The number of carbonyl (C=O) groups is 1. The molecule has 2 aromatic carbocycles. The number of hydrogen-bond donors (Lipinski definition) is 3.